The number of thiol groups is 1. The van der Waals surface area contributed by atoms with Crippen molar-refractivity contribution >= 4 is 18.5 Å². The van der Waals surface area contributed by atoms with Crippen LogP contribution in [-0.2, 0) is 4.79 Å². The van der Waals surface area contributed by atoms with Crippen LogP contribution in [0.1, 0.15) is 47.0 Å². The molecule has 0 aliphatic carbocycles. The Labute approximate surface area is 119 Å². The molecule has 0 bridgehead atoms. The van der Waals surface area contributed by atoms with Gasteiger partial charge >= 0.3 is 0 Å². The zero-order valence-electron chi connectivity index (χ0n) is 12.9. The summed E-state index contributed by atoms with van der Waals surface area (Å²) in [5, 5.41) is 0. The molecule has 0 spiro atoms. The van der Waals surface area contributed by atoms with Gasteiger partial charge in [-0.2, -0.15) is 12.6 Å². The lowest BCUT2D eigenvalue weighted by molar-refractivity contribution is -0.132. The highest BCUT2D eigenvalue weighted by Gasteiger charge is 2.19. The second-order valence-corrected chi connectivity index (χ2v) is 3.97. The van der Waals surface area contributed by atoms with Gasteiger partial charge in [0.05, 0.1) is 0 Å². The summed E-state index contributed by atoms with van der Waals surface area (Å²) in [6.45, 7) is 13.4. The van der Waals surface area contributed by atoms with Crippen molar-refractivity contribution in [3.05, 3.63) is 0 Å². The molecule has 0 saturated carbocycles. The molecule has 0 atom stereocenters. The first kappa shape index (κ1) is 20.1. The van der Waals surface area contributed by atoms with E-state index in [0.717, 1.165) is 32.6 Å². The lowest BCUT2D eigenvalue weighted by atomic mass is 10.2. The second-order valence-electron chi connectivity index (χ2n) is 3.97. The Balaban J connectivity index is 0. The fourth-order valence-electron chi connectivity index (χ4n) is 1.91. The molecular formula is C14H32N2OS. The van der Waals surface area contributed by atoms with Gasteiger partial charge in [0.25, 0.3) is 0 Å². The minimum atomic E-state index is 0.337. The number of carbonyl (C=O) groups is 1. The average molecular weight is 276 g/mol. The molecule has 0 aromatic carbocycles. The molecule has 0 aromatic heterocycles. The molecule has 1 saturated heterocycles. The molecule has 1 fully saturated rings. The Morgan fingerprint density at radius 1 is 1.00 bits per heavy atom. The Kier molecular flexibility index (Phi) is 16.6. The SMILES string of the molecule is CC.CCCC(=O)N1CCN(CCC)CC1.CS. The Bertz CT molecular complexity index is 181. The van der Waals surface area contributed by atoms with Crippen LogP contribution in [0, 0.1) is 0 Å². The highest BCUT2D eigenvalue weighted by Crippen LogP contribution is 2.05. The van der Waals surface area contributed by atoms with E-state index in [1.54, 1.807) is 6.26 Å². The summed E-state index contributed by atoms with van der Waals surface area (Å²) in [5.41, 5.74) is 0. The summed E-state index contributed by atoms with van der Waals surface area (Å²) >= 11 is 3.53. The van der Waals surface area contributed by atoms with Gasteiger partial charge in [-0.25, -0.2) is 0 Å². The number of rotatable bonds is 4. The zero-order chi connectivity index (χ0) is 14.4. The van der Waals surface area contributed by atoms with Crippen molar-refractivity contribution < 1.29 is 4.79 Å². The third-order valence-corrected chi connectivity index (χ3v) is 2.73. The monoisotopic (exact) mass is 276 g/mol. The lowest BCUT2D eigenvalue weighted by Gasteiger charge is -2.34. The van der Waals surface area contributed by atoms with E-state index in [-0.39, 0.29) is 0 Å². The highest BCUT2D eigenvalue weighted by atomic mass is 32.1. The van der Waals surface area contributed by atoms with E-state index in [1.807, 2.05) is 18.7 Å². The van der Waals surface area contributed by atoms with Crippen molar-refractivity contribution in [1.29, 1.82) is 0 Å². The molecule has 0 radical (unpaired) electrons. The molecule has 18 heavy (non-hydrogen) atoms. The van der Waals surface area contributed by atoms with Gasteiger partial charge in [-0.3, -0.25) is 9.69 Å². The first-order valence-corrected chi connectivity index (χ1v) is 8.12. The van der Waals surface area contributed by atoms with Gasteiger partial charge in [-0.1, -0.05) is 27.7 Å². The van der Waals surface area contributed by atoms with E-state index < -0.39 is 0 Å². The summed E-state index contributed by atoms with van der Waals surface area (Å²) in [6.07, 6.45) is 4.59. The minimum Gasteiger partial charge on any atom is -0.340 e. The molecule has 1 amide bonds. The van der Waals surface area contributed by atoms with Gasteiger partial charge in [-0.05, 0) is 25.6 Å². The van der Waals surface area contributed by atoms with Gasteiger partial charge < -0.3 is 4.90 Å². The van der Waals surface area contributed by atoms with Gasteiger partial charge in [0, 0.05) is 32.6 Å². The van der Waals surface area contributed by atoms with Crippen molar-refractivity contribution in [2.45, 2.75) is 47.0 Å². The summed E-state index contributed by atoms with van der Waals surface area (Å²) in [5.74, 6) is 0.337. The zero-order valence-corrected chi connectivity index (χ0v) is 13.8. The number of piperazine rings is 1. The summed E-state index contributed by atoms with van der Waals surface area (Å²) in [4.78, 5) is 16.0. The molecule has 4 heteroatoms. The average Bonchev–Trinajstić information content (AvgIpc) is 2.45. The van der Waals surface area contributed by atoms with E-state index in [2.05, 4.69) is 31.4 Å². The van der Waals surface area contributed by atoms with Crippen molar-refractivity contribution in [3.63, 3.8) is 0 Å². The molecular weight excluding hydrogens is 244 g/mol. The van der Waals surface area contributed by atoms with Gasteiger partial charge in [-0.15, -0.1) is 0 Å². The van der Waals surface area contributed by atoms with E-state index >= 15 is 0 Å². The minimum absolute atomic E-state index is 0.337. The Hall–Kier alpha value is -0.220. The molecule has 3 nitrogen and oxygen atoms in total. The smallest absolute Gasteiger partial charge is 0.222 e. The highest BCUT2D eigenvalue weighted by molar-refractivity contribution is 7.79. The maximum absolute atomic E-state index is 11.6. The molecule has 110 valence electrons. The Morgan fingerprint density at radius 2 is 1.50 bits per heavy atom. The number of hydrogen-bond donors (Lipinski definition) is 1. The quantitative estimate of drug-likeness (QED) is 0.798. The Morgan fingerprint density at radius 3 is 1.89 bits per heavy atom. The molecule has 0 N–H and O–H groups in total. The van der Waals surface area contributed by atoms with Crippen LogP contribution >= 0.6 is 12.6 Å². The predicted molar refractivity (Wildman–Crippen MR) is 84.5 cm³/mol. The molecule has 0 aromatic rings. The molecule has 1 heterocycles. The van der Waals surface area contributed by atoms with E-state index in [0.29, 0.717) is 12.3 Å². The van der Waals surface area contributed by atoms with Gasteiger partial charge in [0.2, 0.25) is 5.91 Å². The largest absolute Gasteiger partial charge is 0.340 e. The van der Waals surface area contributed by atoms with Crippen LogP contribution in [0.25, 0.3) is 0 Å². The van der Waals surface area contributed by atoms with Crippen molar-refractivity contribution in [1.82, 2.24) is 9.80 Å². The number of carbonyl (C=O) groups excluding carboxylic acids is 1. The van der Waals surface area contributed by atoms with Crippen LogP contribution in [-0.4, -0.2) is 54.7 Å². The molecule has 0 unspecified atom stereocenters. The standard InChI is InChI=1S/C11H22N2O.C2H6.CH4S/c1-3-5-11(14)13-9-7-12(6-4-2)8-10-13;2*1-2/h3-10H2,1-2H3;1-2H3;2H,1H3. The normalized spacial score (nSPS) is 15.1. The maximum atomic E-state index is 11.6. The summed E-state index contributed by atoms with van der Waals surface area (Å²) < 4.78 is 0. The summed E-state index contributed by atoms with van der Waals surface area (Å²) in [6, 6.07) is 0. The van der Waals surface area contributed by atoms with Crippen LogP contribution in [0.15, 0.2) is 0 Å². The van der Waals surface area contributed by atoms with Crippen LogP contribution in [0.2, 0.25) is 0 Å². The second kappa shape index (κ2) is 14.8. The number of hydrogen-bond acceptors (Lipinski definition) is 3. The third-order valence-electron chi connectivity index (χ3n) is 2.73. The van der Waals surface area contributed by atoms with Crippen LogP contribution in [0.3, 0.4) is 0 Å². The fraction of sp³-hybridized carbons (Fsp3) is 0.929. The topological polar surface area (TPSA) is 23.6 Å². The molecule has 1 rings (SSSR count). The number of nitrogens with zero attached hydrogens (tertiary/aromatic N) is 2. The number of amides is 1. The fourth-order valence-corrected chi connectivity index (χ4v) is 1.91. The van der Waals surface area contributed by atoms with E-state index in [1.165, 1.54) is 13.0 Å². The van der Waals surface area contributed by atoms with Crippen molar-refractivity contribution in [3.8, 4) is 0 Å². The van der Waals surface area contributed by atoms with Gasteiger partial charge in [0.1, 0.15) is 0 Å². The summed E-state index contributed by atoms with van der Waals surface area (Å²) in [7, 11) is 0. The lowest BCUT2D eigenvalue weighted by Crippen LogP contribution is -2.48. The van der Waals surface area contributed by atoms with Gasteiger partial charge in [0.15, 0.2) is 0 Å². The predicted octanol–water partition coefficient (Wildman–Crippen LogP) is 2.91. The van der Waals surface area contributed by atoms with E-state index in [9.17, 15) is 4.79 Å². The third kappa shape index (κ3) is 8.81. The van der Waals surface area contributed by atoms with Crippen LogP contribution in [0.4, 0.5) is 0 Å². The first-order valence-electron chi connectivity index (χ1n) is 7.22. The first-order chi connectivity index (χ1) is 8.77. The van der Waals surface area contributed by atoms with Crippen molar-refractivity contribution in [2.75, 3.05) is 39.0 Å². The van der Waals surface area contributed by atoms with Crippen LogP contribution in [0.5, 0.6) is 0 Å². The molecule has 1 aliphatic heterocycles. The van der Waals surface area contributed by atoms with Crippen LogP contribution < -0.4 is 0 Å². The van der Waals surface area contributed by atoms with E-state index in [4.69, 9.17) is 0 Å². The van der Waals surface area contributed by atoms with Crippen molar-refractivity contribution in [2.24, 2.45) is 0 Å². The molecule has 1 aliphatic rings. The maximum Gasteiger partial charge on any atom is 0.222 e.